The van der Waals surface area contributed by atoms with E-state index < -0.39 is 0 Å². The van der Waals surface area contributed by atoms with Gasteiger partial charge in [-0.3, -0.25) is 0 Å². The summed E-state index contributed by atoms with van der Waals surface area (Å²) in [6, 6.07) is 11.1. The van der Waals surface area contributed by atoms with Crippen LogP contribution in [0.25, 0.3) is 10.9 Å². The number of halogens is 2. The molecule has 0 amide bonds. The third-order valence-corrected chi connectivity index (χ3v) is 3.79. The molecule has 3 aromatic rings. The number of nitrogens with two attached hydrogens (primary N) is 1. The van der Waals surface area contributed by atoms with Gasteiger partial charge < -0.3 is 11.1 Å². The normalized spacial score (nSPS) is 10.8. The fourth-order valence-electron chi connectivity index (χ4n) is 2.08. The fraction of sp³-hybridized carbons (Fsp3) is 0.0667. The largest absolute Gasteiger partial charge is 0.398 e. The third kappa shape index (κ3) is 2.86. The van der Waals surface area contributed by atoms with Gasteiger partial charge in [-0.1, -0.05) is 35.3 Å². The Morgan fingerprint density at radius 3 is 2.71 bits per heavy atom. The highest BCUT2D eigenvalue weighted by Gasteiger charge is 2.06. The molecule has 0 spiro atoms. The Morgan fingerprint density at radius 2 is 1.90 bits per heavy atom. The van der Waals surface area contributed by atoms with E-state index in [1.165, 1.54) is 6.33 Å². The Balaban J connectivity index is 1.88. The number of fused-ring (bicyclic) bond motifs is 1. The van der Waals surface area contributed by atoms with Crippen LogP contribution in [0.4, 0.5) is 11.5 Å². The summed E-state index contributed by atoms with van der Waals surface area (Å²) in [6.07, 6.45) is 1.49. The summed E-state index contributed by atoms with van der Waals surface area (Å²) in [6.45, 7) is 0.583. The summed E-state index contributed by atoms with van der Waals surface area (Å²) in [7, 11) is 0. The average Bonchev–Trinajstić information content (AvgIpc) is 2.49. The summed E-state index contributed by atoms with van der Waals surface area (Å²) in [4.78, 5) is 8.47. The van der Waals surface area contributed by atoms with E-state index >= 15 is 0 Å². The predicted molar refractivity (Wildman–Crippen MR) is 87.7 cm³/mol. The molecule has 0 saturated carbocycles. The maximum absolute atomic E-state index is 6.14. The lowest BCUT2D eigenvalue weighted by atomic mass is 10.2. The minimum absolute atomic E-state index is 0.554. The molecule has 0 bridgehead atoms. The zero-order valence-electron chi connectivity index (χ0n) is 11.0. The van der Waals surface area contributed by atoms with Crippen molar-refractivity contribution in [1.82, 2.24) is 9.97 Å². The Kier molecular flexibility index (Phi) is 3.82. The first kappa shape index (κ1) is 13.9. The van der Waals surface area contributed by atoms with Crippen LogP contribution in [0.15, 0.2) is 42.7 Å². The Morgan fingerprint density at radius 1 is 1.05 bits per heavy atom. The number of hydrogen-bond acceptors (Lipinski definition) is 4. The number of nitrogens with one attached hydrogen (secondary N) is 1. The molecule has 21 heavy (non-hydrogen) atoms. The maximum Gasteiger partial charge on any atom is 0.137 e. The molecule has 0 saturated heterocycles. The molecule has 0 aliphatic heterocycles. The Labute approximate surface area is 131 Å². The summed E-state index contributed by atoms with van der Waals surface area (Å²) in [5, 5.41) is 5.31. The van der Waals surface area contributed by atoms with Gasteiger partial charge in [0.2, 0.25) is 0 Å². The molecule has 0 fully saturated rings. The van der Waals surface area contributed by atoms with Gasteiger partial charge in [0.15, 0.2) is 0 Å². The van der Waals surface area contributed by atoms with Crippen molar-refractivity contribution in [2.24, 2.45) is 0 Å². The topological polar surface area (TPSA) is 63.8 Å². The second-order valence-electron chi connectivity index (χ2n) is 4.57. The van der Waals surface area contributed by atoms with Crippen LogP contribution in [-0.2, 0) is 6.54 Å². The molecule has 0 atom stereocenters. The molecule has 0 unspecified atom stereocenters. The minimum Gasteiger partial charge on any atom is -0.398 e. The summed E-state index contributed by atoms with van der Waals surface area (Å²) in [5.74, 6) is 0.732. The number of hydrogen-bond donors (Lipinski definition) is 2. The minimum atomic E-state index is 0.554. The molecule has 0 radical (unpaired) electrons. The van der Waals surface area contributed by atoms with E-state index in [0.29, 0.717) is 22.3 Å². The Hall–Kier alpha value is -2.04. The molecule has 1 heterocycles. The standard InChI is InChI=1S/C15H12Cl2N4/c16-11-5-4-9(6-13(11)18)7-19-15-10-2-1-3-12(17)14(10)20-8-21-15/h1-6,8H,7,18H2,(H,19,20,21). The van der Waals surface area contributed by atoms with Crippen molar-refractivity contribution in [3.05, 3.63) is 58.3 Å². The van der Waals surface area contributed by atoms with Gasteiger partial charge in [-0.2, -0.15) is 0 Å². The van der Waals surface area contributed by atoms with Crippen LogP contribution < -0.4 is 11.1 Å². The van der Waals surface area contributed by atoms with Gasteiger partial charge in [-0.05, 0) is 29.8 Å². The van der Waals surface area contributed by atoms with Gasteiger partial charge in [-0.15, -0.1) is 0 Å². The molecular weight excluding hydrogens is 307 g/mol. The fourth-order valence-corrected chi connectivity index (χ4v) is 2.42. The second kappa shape index (κ2) is 5.76. The van der Waals surface area contributed by atoms with E-state index in [4.69, 9.17) is 28.9 Å². The lowest BCUT2D eigenvalue weighted by Gasteiger charge is -2.09. The number of rotatable bonds is 3. The van der Waals surface area contributed by atoms with Crippen molar-refractivity contribution in [2.75, 3.05) is 11.1 Å². The number of aromatic nitrogens is 2. The number of benzene rings is 2. The zero-order chi connectivity index (χ0) is 14.8. The first-order chi connectivity index (χ1) is 10.1. The molecule has 0 aliphatic rings. The highest BCUT2D eigenvalue weighted by molar-refractivity contribution is 6.35. The third-order valence-electron chi connectivity index (χ3n) is 3.14. The van der Waals surface area contributed by atoms with Crippen LogP contribution in [-0.4, -0.2) is 9.97 Å². The van der Waals surface area contributed by atoms with Gasteiger partial charge in [0.05, 0.1) is 21.2 Å². The molecule has 1 aromatic heterocycles. The highest BCUT2D eigenvalue weighted by Crippen LogP contribution is 2.26. The molecule has 3 N–H and O–H groups in total. The zero-order valence-corrected chi connectivity index (χ0v) is 12.5. The van der Waals surface area contributed by atoms with Gasteiger partial charge in [0.1, 0.15) is 12.1 Å². The van der Waals surface area contributed by atoms with Crippen molar-refractivity contribution in [2.45, 2.75) is 6.54 Å². The van der Waals surface area contributed by atoms with Crippen LogP contribution in [0.3, 0.4) is 0 Å². The van der Waals surface area contributed by atoms with Gasteiger partial charge in [-0.25, -0.2) is 9.97 Å². The van der Waals surface area contributed by atoms with Crippen molar-refractivity contribution in [3.63, 3.8) is 0 Å². The lowest BCUT2D eigenvalue weighted by molar-refractivity contribution is 1.10. The summed E-state index contributed by atoms with van der Waals surface area (Å²) < 4.78 is 0. The van der Waals surface area contributed by atoms with Crippen molar-refractivity contribution < 1.29 is 0 Å². The van der Waals surface area contributed by atoms with Crippen LogP contribution in [0, 0.1) is 0 Å². The molecule has 4 nitrogen and oxygen atoms in total. The van der Waals surface area contributed by atoms with Crippen molar-refractivity contribution >= 4 is 45.6 Å². The first-order valence-corrected chi connectivity index (χ1v) is 7.08. The predicted octanol–water partition coefficient (Wildman–Crippen LogP) is 4.13. The highest BCUT2D eigenvalue weighted by atomic mass is 35.5. The van der Waals surface area contributed by atoms with Gasteiger partial charge in [0, 0.05) is 11.9 Å². The quantitative estimate of drug-likeness (QED) is 0.713. The van der Waals surface area contributed by atoms with E-state index in [1.807, 2.05) is 24.3 Å². The summed E-state index contributed by atoms with van der Waals surface area (Å²) >= 11 is 12.0. The van der Waals surface area contributed by atoms with E-state index in [9.17, 15) is 0 Å². The molecule has 2 aromatic carbocycles. The SMILES string of the molecule is Nc1cc(CNc2ncnc3c(Cl)cccc23)ccc1Cl. The smallest absolute Gasteiger partial charge is 0.137 e. The second-order valence-corrected chi connectivity index (χ2v) is 5.38. The van der Waals surface area contributed by atoms with E-state index in [2.05, 4.69) is 15.3 Å². The van der Waals surface area contributed by atoms with Crippen LogP contribution in [0.1, 0.15) is 5.56 Å². The van der Waals surface area contributed by atoms with Crippen LogP contribution >= 0.6 is 23.2 Å². The molecule has 3 rings (SSSR count). The molecule has 0 aliphatic carbocycles. The number of nitrogen functional groups attached to an aromatic ring is 1. The molecule has 106 valence electrons. The molecular formula is C15H12Cl2N4. The first-order valence-electron chi connectivity index (χ1n) is 6.32. The monoisotopic (exact) mass is 318 g/mol. The number of para-hydroxylation sites is 1. The van der Waals surface area contributed by atoms with E-state index in [-0.39, 0.29) is 0 Å². The van der Waals surface area contributed by atoms with Gasteiger partial charge >= 0.3 is 0 Å². The lowest BCUT2D eigenvalue weighted by Crippen LogP contribution is -2.03. The van der Waals surface area contributed by atoms with Crippen molar-refractivity contribution in [3.8, 4) is 0 Å². The van der Waals surface area contributed by atoms with E-state index in [1.54, 1.807) is 12.1 Å². The van der Waals surface area contributed by atoms with Gasteiger partial charge in [0.25, 0.3) is 0 Å². The van der Waals surface area contributed by atoms with Crippen LogP contribution in [0.5, 0.6) is 0 Å². The molecule has 6 heteroatoms. The number of nitrogens with zero attached hydrogens (tertiary/aromatic N) is 2. The summed E-state index contributed by atoms with van der Waals surface area (Å²) in [5.41, 5.74) is 8.11. The maximum atomic E-state index is 6.14. The Bertz CT molecular complexity index is 805. The van der Waals surface area contributed by atoms with Crippen molar-refractivity contribution in [1.29, 1.82) is 0 Å². The number of anilines is 2. The average molecular weight is 319 g/mol. The van der Waals surface area contributed by atoms with Crippen LogP contribution in [0.2, 0.25) is 10.0 Å². The van der Waals surface area contributed by atoms with E-state index in [0.717, 1.165) is 22.3 Å².